The van der Waals surface area contributed by atoms with E-state index in [1.807, 2.05) is 0 Å². The minimum atomic E-state index is -1.69. The standard InChI is InChI=1S/C6H8Cl2O3/c1-6(7,8)3-2-4(9)5(10)11/h2-3H2,1H3,(H,10,11)/p-1. The topological polar surface area (TPSA) is 57.2 Å². The Kier molecular flexibility index (Phi) is 3.83. The molecule has 0 aromatic heterocycles. The van der Waals surface area contributed by atoms with Crippen molar-refractivity contribution in [3.8, 4) is 0 Å². The third-order valence-electron chi connectivity index (χ3n) is 1.02. The fourth-order valence-electron chi connectivity index (χ4n) is 0.435. The van der Waals surface area contributed by atoms with Gasteiger partial charge in [-0.3, -0.25) is 4.79 Å². The van der Waals surface area contributed by atoms with E-state index in [1.165, 1.54) is 6.92 Å². The maximum atomic E-state index is 10.4. The summed E-state index contributed by atoms with van der Waals surface area (Å²) in [4.78, 5) is 20.3. The molecule has 0 aliphatic rings. The molecule has 0 saturated heterocycles. The lowest BCUT2D eigenvalue weighted by atomic mass is 10.2. The molecule has 0 radical (unpaired) electrons. The summed E-state index contributed by atoms with van der Waals surface area (Å²) in [6, 6.07) is 0. The Morgan fingerprint density at radius 3 is 2.18 bits per heavy atom. The van der Waals surface area contributed by atoms with Gasteiger partial charge in [0, 0.05) is 6.42 Å². The second kappa shape index (κ2) is 3.93. The van der Waals surface area contributed by atoms with Gasteiger partial charge in [0.15, 0.2) is 5.78 Å². The van der Waals surface area contributed by atoms with Crippen molar-refractivity contribution in [2.45, 2.75) is 24.1 Å². The largest absolute Gasteiger partial charge is 0.542 e. The molecule has 0 saturated carbocycles. The van der Waals surface area contributed by atoms with Gasteiger partial charge in [0.05, 0.1) is 0 Å². The zero-order valence-electron chi connectivity index (χ0n) is 5.89. The molecule has 0 fully saturated rings. The van der Waals surface area contributed by atoms with Gasteiger partial charge in [0.1, 0.15) is 10.3 Å². The van der Waals surface area contributed by atoms with Crippen LogP contribution in [0.2, 0.25) is 0 Å². The number of hydrogen-bond acceptors (Lipinski definition) is 3. The SMILES string of the molecule is CC(Cl)(Cl)CCC(=O)C(=O)[O-]. The smallest absolute Gasteiger partial charge is 0.178 e. The van der Waals surface area contributed by atoms with E-state index in [0.717, 1.165) is 0 Å². The van der Waals surface area contributed by atoms with Crippen molar-refractivity contribution < 1.29 is 14.7 Å². The summed E-state index contributed by atoms with van der Waals surface area (Å²) >= 11 is 11.0. The first-order valence-electron chi connectivity index (χ1n) is 2.95. The molecule has 0 bridgehead atoms. The summed E-state index contributed by atoms with van der Waals surface area (Å²) in [5, 5.41) is 9.87. The van der Waals surface area contributed by atoms with E-state index in [9.17, 15) is 14.7 Å². The van der Waals surface area contributed by atoms with Crippen LogP contribution in [0.25, 0.3) is 0 Å². The van der Waals surface area contributed by atoms with Gasteiger partial charge in [-0.15, -0.1) is 23.2 Å². The van der Waals surface area contributed by atoms with Crippen molar-refractivity contribution in [2.75, 3.05) is 0 Å². The highest BCUT2D eigenvalue weighted by Gasteiger charge is 2.17. The number of ketones is 1. The Hall–Kier alpha value is -0.280. The monoisotopic (exact) mass is 197 g/mol. The lowest BCUT2D eigenvalue weighted by molar-refractivity contribution is -0.300. The second-order valence-electron chi connectivity index (χ2n) is 2.28. The Morgan fingerprint density at radius 1 is 1.45 bits per heavy atom. The molecular weight excluding hydrogens is 191 g/mol. The Morgan fingerprint density at radius 2 is 1.91 bits per heavy atom. The molecule has 0 rings (SSSR count). The molecule has 3 nitrogen and oxygen atoms in total. The summed E-state index contributed by atoms with van der Waals surface area (Å²) in [5.74, 6) is -2.67. The van der Waals surface area contributed by atoms with Crippen molar-refractivity contribution in [3.05, 3.63) is 0 Å². The maximum Gasteiger partial charge on any atom is 0.178 e. The first kappa shape index (κ1) is 10.7. The molecule has 0 unspecified atom stereocenters. The molecule has 5 heteroatoms. The minimum Gasteiger partial charge on any atom is -0.542 e. The predicted octanol–water partition coefficient (Wildman–Crippen LogP) is 0.279. The third kappa shape index (κ3) is 6.13. The van der Waals surface area contributed by atoms with Crippen LogP contribution in [0.1, 0.15) is 19.8 Å². The maximum absolute atomic E-state index is 10.4. The minimum absolute atomic E-state index is 0.114. The summed E-state index contributed by atoms with van der Waals surface area (Å²) in [6.07, 6.45) is -0.0746. The number of carbonyl (C=O) groups excluding carboxylic acids is 2. The highest BCUT2D eigenvalue weighted by atomic mass is 35.5. The number of alkyl halides is 2. The lowest BCUT2D eigenvalue weighted by Crippen LogP contribution is -2.32. The predicted molar refractivity (Wildman–Crippen MR) is 39.4 cm³/mol. The van der Waals surface area contributed by atoms with Gasteiger partial charge in [-0.2, -0.15) is 0 Å². The number of carbonyl (C=O) groups is 2. The van der Waals surface area contributed by atoms with Crippen molar-refractivity contribution in [2.24, 2.45) is 0 Å². The number of halogens is 2. The molecule has 11 heavy (non-hydrogen) atoms. The number of carboxylic acids is 1. The molecule has 0 aliphatic carbocycles. The van der Waals surface area contributed by atoms with Gasteiger partial charge in [0.2, 0.25) is 0 Å². The molecule has 0 heterocycles. The van der Waals surface area contributed by atoms with E-state index in [1.54, 1.807) is 0 Å². The van der Waals surface area contributed by atoms with Crippen LogP contribution in [-0.4, -0.2) is 16.1 Å². The van der Waals surface area contributed by atoms with Gasteiger partial charge < -0.3 is 9.90 Å². The third-order valence-corrected chi connectivity index (χ3v) is 1.40. The molecule has 0 spiro atoms. The van der Waals surface area contributed by atoms with Gasteiger partial charge in [-0.25, -0.2) is 0 Å². The molecule has 0 amide bonds. The van der Waals surface area contributed by atoms with Crippen LogP contribution in [0, 0.1) is 0 Å². The van der Waals surface area contributed by atoms with E-state index in [4.69, 9.17) is 23.2 Å². The van der Waals surface area contributed by atoms with Crippen molar-refractivity contribution in [1.82, 2.24) is 0 Å². The van der Waals surface area contributed by atoms with Gasteiger partial charge in [0.25, 0.3) is 0 Å². The normalized spacial score (nSPS) is 11.2. The summed E-state index contributed by atoms with van der Waals surface area (Å²) < 4.78 is -1.05. The Labute approximate surface area is 74.3 Å². The quantitative estimate of drug-likeness (QED) is 0.481. The fraction of sp³-hybridized carbons (Fsp3) is 0.667. The van der Waals surface area contributed by atoms with Crippen molar-refractivity contribution >= 4 is 35.0 Å². The number of aliphatic carboxylic acids is 1. The summed E-state index contributed by atoms with van der Waals surface area (Å²) in [5.41, 5.74) is 0. The molecular formula is C6H7Cl2O3-. The summed E-state index contributed by atoms with van der Waals surface area (Å²) in [6.45, 7) is 1.48. The second-order valence-corrected chi connectivity index (χ2v) is 4.14. The average molecular weight is 198 g/mol. The van der Waals surface area contributed by atoms with Crippen LogP contribution in [0.15, 0.2) is 0 Å². The first-order chi connectivity index (χ1) is 4.83. The molecule has 0 atom stereocenters. The fourth-order valence-corrected chi connectivity index (χ4v) is 0.624. The van der Waals surface area contributed by atoms with Crippen LogP contribution in [0.5, 0.6) is 0 Å². The Balaban J connectivity index is 3.73. The summed E-state index contributed by atoms with van der Waals surface area (Å²) in [7, 11) is 0. The lowest BCUT2D eigenvalue weighted by Gasteiger charge is -2.11. The number of carboxylic acid groups (broad SMARTS) is 1. The zero-order chi connectivity index (χ0) is 9.07. The van der Waals surface area contributed by atoms with E-state index in [0.29, 0.717) is 0 Å². The Bertz CT molecular complexity index is 171. The molecule has 64 valence electrons. The number of hydrogen-bond donors (Lipinski definition) is 0. The van der Waals surface area contributed by atoms with Crippen molar-refractivity contribution in [3.63, 3.8) is 0 Å². The van der Waals surface area contributed by atoms with Crippen LogP contribution in [-0.2, 0) is 9.59 Å². The van der Waals surface area contributed by atoms with Crippen molar-refractivity contribution in [1.29, 1.82) is 0 Å². The highest BCUT2D eigenvalue weighted by molar-refractivity contribution is 6.48. The first-order valence-corrected chi connectivity index (χ1v) is 3.70. The van der Waals surface area contributed by atoms with E-state index in [-0.39, 0.29) is 12.8 Å². The highest BCUT2D eigenvalue weighted by Crippen LogP contribution is 2.25. The van der Waals surface area contributed by atoms with Crippen LogP contribution in [0.3, 0.4) is 0 Å². The average Bonchev–Trinajstić information content (AvgIpc) is 1.80. The molecule has 0 aromatic rings. The van der Waals surface area contributed by atoms with Crippen LogP contribution < -0.4 is 5.11 Å². The molecule has 0 aliphatic heterocycles. The van der Waals surface area contributed by atoms with Crippen LogP contribution >= 0.6 is 23.2 Å². The number of rotatable bonds is 4. The van der Waals surface area contributed by atoms with Gasteiger partial charge >= 0.3 is 0 Å². The van der Waals surface area contributed by atoms with Gasteiger partial charge in [-0.1, -0.05) is 0 Å². The van der Waals surface area contributed by atoms with E-state index in [2.05, 4.69) is 0 Å². The molecule has 0 aromatic carbocycles. The van der Waals surface area contributed by atoms with Crippen LogP contribution in [0.4, 0.5) is 0 Å². The van der Waals surface area contributed by atoms with E-state index >= 15 is 0 Å². The zero-order valence-corrected chi connectivity index (χ0v) is 7.41. The van der Waals surface area contributed by atoms with E-state index < -0.39 is 16.1 Å². The number of Topliss-reactive ketones (excluding diaryl/α,β-unsaturated/α-hetero) is 1. The molecule has 0 N–H and O–H groups in total. The van der Waals surface area contributed by atoms with Gasteiger partial charge in [-0.05, 0) is 13.3 Å².